The lowest BCUT2D eigenvalue weighted by Crippen LogP contribution is -2.52. The first-order chi connectivity index (χ1) is 9.58. The molecule has 2 heterocycles. The summed E-state index contributed by atoms with van der Waals surface area (Å²) in [7, 11) is 2.19. The van der Waals surface area contributed by atoms with E-state index in [1.165, 1.54) is 38.8 Å². The van der Waals surface area contributed by atoms with E-state index in [9.17, 15) is 4.79 Å². The van der Waals surface area contributed by atoms with E-state index in [0.717, 1.165) is 19.5 Å². The van der Waals surface area contributed by atoms with Gasteiger partial charge >= 0.3 is 0 Å². The summed E-state index contributed by atoms with van der Waals surface area (Å²) in [5.41, 5.74) is 0. The fraction of sp³-hybridized carbons (Fsp3) is 0.938. The maximum Gasteiger partial charge on any atom is 0.225 e. The molecule has 1 unspecified atom stereocenters. The summed E-state index contributed by atoms with van der Waals surface area (Å²) in [5.74, 6) is 0.457. The standard InChI is InChI=1S/C16H31N3O/c1-13(2)16(20)19-9-5-4-6-15(19)12-17-14-7-10-18(3)11-8-14/h13-15,17H,4-12H2,1-3H3. The monoisotopic (exact) mass is 281 g/mol. The number of carbonyl (C=O) groups excluding carboxylic acids is 1. The van der Waals surface area contributed by atoms with Crippen LogP contribution in [0.5, 0.6) is 0 Å². The Morgan fingerprint density at radius 2 is 1.85 bits per heavy atom. The van der Waals surface area contributed by atoms with Crippen LogP contribution in [0.2, 0.25) is 0 Å². The van der Waals surface area contributed by atoms with Gasteiger partial charge in [0.05, 0.1) is 0 Å². The van der Waals surface area contributed by atoms with Crippen molar-refractivity contribution >= 4 is 5.91 Å². The van der Waals surface area contributed by atoms with Gasteiger partial charge in [0, 0.05) is 31.1 Å². The number of likely N-dealkylation sites (tertiary alicyclic amines) is 2. The van der Waals surface area contributed by atoms with Crippen molar-refractivity contribution < 1.29 is 4.79 Å². The summed E-state index contributed by atoms with van der Waals surface area (Å²) in [6, 6.07) is 1.06. The van der Waals surface area contributed by atoms with Crippen molar-refractivity contribution in [1.82, 2.24) is 15.1 Å². The molecule has 2 rings (SSSR count). The molecule has 116 valence electrons. The van der Waals surface area contributed by atoms with E-state index in [1.807, 2.05) is 13.8 Å². The lowest BCUT2D eigenvalue weighted by Gasteiger charge is -2.38. The van der Waals surface area contributed by atoms with Gasteiger partial charge in [0.1, 0.15) is 0 Å². The highest BCUT2D eigenvalue weighted by molar-refractivity contribution is 5.78. The fourth-order valence-electron chi connectivity index (χ4n) is 3.35. The van der Waals surface area contributed by atoms with Gasteiger partial charge in [-0.25, -0.2) is 0 Å². The molecule has 2 aliphatic rings. The number of rotatable bonds is 4. The smallest absolute Gasteiger partial charge is 0.225 e. The number of nitrogens with zero attached hydrogens (tertiary/aromatic N) is 2. The van der Waals surface area contributed by atoms with Crippen LogP contribution in [0, 0.1) is 5.92 Å². The summed E-state index contributed by atoms with van der Waals surface area (Å²) in [5, 5.41) is 3.72. The summed E-state index contributed by atoms with van der Waals surface area (Å²) < 4.78 is 0. The minimum atomic E-state index is 0.124. The fourth-order valence-corrected chi connectivity index (χ4v) is 3.35. The zero-order valence-electron chi connectivity index (χ0n) is 13.4. The molecule has 2 aliphatic heterocycles. The second-order valence-electron chi connectivity index (χ2n) is 6.82. The SMILES string of the molecule is CC(C)C(=O)N1CCCCC1CNC1CCN(C)CC1. The number of amides is 1. The third-order valence-electron chi connectivity index (χ3n) is 4.76. The predicted molar refractivity (Wildman–Crippen MR) is 82.7 cm³/mol. The molecular formula is C16H31N3O. The first-order valence-electron chi connectivity index (χ1n) is 8.30. The zero-order valence-corrected chi connectivity index (χ0v) is 13.4. The summed E-state index contributed by atoms with van der Waals surface area (Å²) in [6.45, 7) is 8.34. The zero-order chi connectivity index (χ0) is 14.5. The van der Waals surface area contributed by atoms with Crippen molar-refractivity contribution in [1.29, 1.82) is 0 Å². The number of hydrogen-bond donors (Lipinski definition) is 1. The van der Waals surface area contributed by atoms with Crippen LogP contribution in [0.1, 0.15) is 46.0 Å². The molecule has 0 aromatic heterocycles. The van der Waals surface area contributed by atoms with Gasteiger partial charge in [-0.1, -0.05) is 13.8 Å². The van der Waals surface area contributed by atoms with Gasteiger partial charge in [-0.3, -0.25) is 4.79 Å². The van der Waals surface area contributed by atoms with E-state index >= 15 is 0 Å². The van der Waals surface area contributed by atoms with E-state index in [1.54, 1.807) is 0 Å². The Hall–Kier alpha value is -0.610. The lowest BCUT2D eigenvalue weighted by atomic mass is 9.98. The predicted octanol–water partition coefficient (Wildman–Crippen LogP) is 1.71. The molecule has 20 heavy (non-hydrogen) atoms. The normalized spacial score (nSPS) is 26.2. The molecule has 0 aromatic rings. The van der Waals surface area contributed by atoms with Gasteiger partial charge in [-0.05, 0) is 52.2 Å². The molecule has 1 N–H and O–H groups in total. The first kappa shape index (κ1) is 15.8. The van der Waals surface area contributed by atoms with Gasteiger partial charge in [-0.15, -0.1) is 0 Å². The molecule has 0 aliphatic carbocycles. The number of nitrogens with one attached hydrogen (secondary N) is 1. The third kappa shape index (κ3) is 4.19. The molecule has 0 saturated carbocycles. The van der Waals surface area contributed by atoms with Crippen LogP contribution in [0.25, 0.3) is 0 Å². The van der Waals surface area contributed by atoms with Gasteiger partial charge < -0.3 is 15.1 Å². The highest BCUT2D eigenvalue weighted by Crippen LogP contribution is 2.19. The van der Waals surface area contributed by atoms with Gasteiger partial charge in [0.15, 0.2) is 0 Å². The Morgan fingerprint density at radius 1 is 1.15 bits per heavy atom. The van der Waals surface area contributed by atoms with Crippen molar-refractivity contribution in [2.24, 2.45) is 5.92 Å². The van der Waals surface area contributed by atoms with Gasteiger partial charge in [0.25, 0.3) is 0 Å². The van der Waals surface area contributed by atoms with Crippen molar-refractivity contribution in [3.05, 3.63) is 0 Å². The Bertz CT molecular complexity index is 311. The van der Waals surface area contributed by atoms with Crippen molar-refractivity contribution in [2.45, 2.75) is 58.0 Å². The van der Waals surface area contributed by atoms with Crippen molar-refractivity contribution in [3.8, 4) is 0 Å². The summed E-state index contributed by atoms with van der Waals surface area (Å²) in [6.07, 6.45) is 6.07. The van der Waals surface area contributed by atoms with Crippen LogP contribution in [-0.2, 0) is 4.79 Å². The average molecular weight is 281 g/mol. The minimum absolute atomic E-state index is 0.124. The van der Waals surface area contributed by atoms with E-state index in [4.69, 9.17) is 0 Å². The molecule has 2 saturated heterocycles. The molecule has 2 fully saturated rings. The minimum Gasteiger partial charge on any atom is -0.338 e. The molecule has 4 heteroatoms. The second-order valence-corrected chi connectivity index (χ2v) is 6.82. The Labute approximate surface area is 123 Å². The van der Waals surface area contributed by atoms with E-state index in [-0.39, 0.29) is 5.92 Å². The molecule has 0 bridgehead atoms. The van der Waals surface area contributed by atoms with Gasteiger partial charge in [0.2, 0.25) is 5.91 Å². The highest BCUT2D eigenvalue weighted by Gasteiger charge is 2.28. The highest BCUT2D eigenvalue weighted by atomic mass is 16.2. The second kappa shape index (κ2) is 7.41. The lowest BCUT2D eigenvalue weighted by molar-refractivity contribution is -0.138. The number of carbonyl (C=O) groups is 1. The van der Waals surface area contributed by atoms with E-state index < -0.39 is 0 Å². The van der Waals surface area contributed by atoms with Crippen LogP contribution in [0.4, 0.5) is 0 Å². The van der Waals surface area contributed by atoms with E-state index in [2.05, 4.69) is 22.2 Å². The third-order valence-corrected chi connectivity index (χ3v) is 4.76. The van der Waals surface area contributed by atoms with Crippen LogP contribution in [0.15, 0.2) is 0 Å². The van der Waals surface area contributed by atoms with Gasteiger partial charge in [-0.2, -0.15) is 0 Å². The van der Waals surface area contributed by atoms with E-state index in [0.29, 0.717) is 18.0 Å². The maximum atomic E-state index is 12.3. The van der Waals surface area contributed by atoms with Crippen molar-refractivity contribution in [2.75, 3.05) is 33.2 Å². The summed E-state index contributed by atoms with van der Waals surface area (Å²) in [4.78, 5) is 16.8. The van der Waals surface area contributed by atoms with Crippen LogP contribution in [0.3, 0.4) is 0 Å². The van der Waals surface area contributed by atoms with Crippen LogP contribution >= 0.6 is 0 Å². The first-order valence-corrected chi connectivity index (χ1v) is 8.30. The topological polar surface area (TPSA) is 35.6 Å². The Balaban J connectivity index is 1.81. The number of piperidine rings is 2. The Morgan fingerprint density at radius 3 is 2.50 bits per heavy atom. The molecule has 0 aromatic carbocycles. The molecule has 4 nitrogen and oxygen atoms in total. The molecule has 1 atom stereocenters. The van der Waals surface area contributed by atoms with Crippen molar-refractivity contribution in [3.63, 3.8) is 0 Å². The number of hydrogen-bond acceptors (Lipinski definition) is 3. The maximum absolute atomic E-state index is 12.3. The molecule has 0 radical (unpaired) electrons. The largest absolute Gasteiger partial charge is 0.338 e. The Kier molecular flexibility index (Phi) is 5.85. The molecule has 1 amide bonds. The summed E-state index contributed by atoms with van der Waals surface area (Å²) >= 11 is 0. The quantitative estimate of drug-likeness (QED) is 0.852. The van der Waals surface area contributed by atoms with Crippen LogP contribution < -0.4 is 5.32 Å². The molecular weight excluding hydrogens is 250 g/mol. The molecule has 0 spiro atoms. The average Bonchev–Trinajstić information content (AvgIpc) is 2.46. The van der Waals surface area contributed by atoms with Crippen LogP contribution in [-0.4, -0.2) is 61.0 Å².